The van der Waals surface area contributed by atoms with E-state index in [1.54, 1.807) is 0 Å². The van der Waals surface area contributed by atoms with Crippen LogP contribution in [-0.4, -0.2) is 31.2 Å². The summed E-state index contributed by atoms with van der Waals surface area (Å²) in [4.78, 5) is 11.4. The van der Waals surface area contributed by atoms with E-state index in [9.17, 15) is 4.79 Å². The van der Waals surface area contributed by atoms with Gasteiger partial charge in [0.15, 0.2) is 0 Å². The normalized spacial score (nSPS) is 11.5. The Balaban J connectivity index is 3.31. The molecule has 0 aliphatic rings. The van der Waals surface area contributed by atoms with Gasteiger partial charge in [0, 0.05) is 31.7 Å². The molecule has 96 valence electrons. The fourth-order valence-corrected chi connectivity index (χ4v) is 1.17. The highest BCUT2D eigenvalue weighted by molar-refractivity contribution is 5.75. The number of rotatable bonds is 9. The van der Waals surface area contributed by atoms with Crippen molar-refractivity contribution < 1.29 is 9.53 Å². The lowest BCUT2D eigenvalue weighted by Crippen LogP contribution is -2.34. The van der Waals surface area contributed by atoms with E-state index < -0.39 is 0 Å². The minimum Gasteiger partial charge on any atom is -0.381 e. The molecule has 0 bridgehead atoms. The number of amides is 1. The lowest BCUT2D eigenvalue weighted by atomic mass is 10.00. The Morgan fingerprint density at radius 3 is 2.62 bits per heavy atom. The maximum absolute atomic E-state index is 11.4. The first-order chi connectivity index (χ1) is 7.45. The molecule has 4 nitrogen and oxygen atoms in total. The summed E-state index contributed by atoms with van der Waals surface area (Å²) < 4.78 is 5.31. The van der Waals surface area contributed by atoms with Crippen LogP contribution in [0.3, 0.4) is 0 Å². The smallest absolute Gasteiger partial charge is 0.220 e. The molecule has 0 aliphatic heterocycles. The quantitative estimate of drug-likeness (QED) is 0.589. The zero-order valence-corrected chi connectivity index (χ0v) is 10.8. The Kier molecular flexibility index (Phi) is 8.21. The third kappa shape index (κ3) is 11.5. The molecule has 0 rings (SSSR count). The second-order valence-electron chi connectivity index (χ2n) is 4.80. The van der Waals surface area contributed by atoms with Crippen LogP contribution in [0, 0.1) is 0 Å². The maximum Gasteiger partial charge on any atom is 0.220 e. The van der Waals surface area contributed by atoms with Crippen molar-refractivity contribution in [2.24, 2.45) is 5.73 Å². The van der Waals surface area contributed by atoms with E-state index in [-0.39, 0.29) is 11.4 Å². The second kappa shape index (κ2) is 8.53. The first-order valence-corrected chi connectivity index (χ1v) is 6.09. The third-order valence-corrected chi connectivity index (χ3v) is 2.13. The minimum atomic E-state index is -0.262. The van der Waals surface area contributed by atoms with Gasteiger partial charge in [-0.2, -0.15) is 0 Å². The molecule has 1 amide bonds. The molecule has 0 atom stereocenters. The number of ether oxygens (including phenoxy) is 1. The largest absolute Gasteiger partial charge is 0.381 e. The molecule has 0 unspecified atom stereocenters. The predicted octanol–water partition coefficient (Wildman–Crippen LogP) is 1.44. The van der Waals surface area contributed by atoms with Crippen LogP contribution in [0.25, 0.3) is 0 Å². The summed E-state index contributed by atoms with van der Waals surface area (Å²) in [5.41, 5.74) is 5.53. The van der Waals surface area contributed by atoms with E-state index in [0.29, 0.717) is 19.4 Å². The number of nitrogens with one attached hydrogen (secondary N) is 1. The maximum atomic E-state index is 11.4. The van der Waals surface area contributed by atoms with E-state index in [4.69, 9.17) is 10.5 Å². The van der Waals surface area contributed by atoms with Crippen molar-refractivity contribution in [3.63, 3.8) is 0 Å². The first kappa shape index (κ1) is 15.4. The lowest BCUT2D eigenvalue weighted by molar-refractivity contribution is -0.121. The number of hydrogen-bond donors (Lipinski definition) is 2. The van der Waals surface area contributed by atoms with Gasteiger partial charge in [-0.3, -0.25) is 4.79 Å². The van der Waals surface area contributed by atoms with Crippen LogP contribution < -0.4 is 11.1 Å². The molecule has 0 aromatic rings. The summed E-state index contributed by atoms with van der Waals surface area (Å²) >= 11 is 0. The number of hydrogen-bond acceptors (Lipinski definition) is 3. The number of carbonyl (C=O) groups is 1. The van der Waals surface area contributed by atoms with Gasteiger partial charge in [-0.15, -0.1) is 0 Å². The standard InChI is InChI=1S/C12H26N2O2/c1-4-9-16-10-5-8-14-11(15)6-7-12(2,3)13/h4-10,13H2,1-3H3,(H,14,15). The molecule has 0 saturated carbocycles. The van der Waals surface area contributed by atoms with E-state index in [0.717, 1.165) is 26.1 Å². The zero-order chi connectivity index (χ0) is 12.4. The highest BCUT2D eigenvalue weighted by Crippen LogP contribution is 2.06. The molecule has 0 heterocycles. The van der Waals surface area contributed by atoms with Crippen LogP contribution in [-0.2, 0) is 9.53 Å². The van der Waals surface area contributed by atoms with Gasteiger partial charge in [0.1, 0.15) is 0 Å². The molecule has 16 heavy (non-hydrogen) atoms. The van der Waals surface area contributed by atoms with Crippen LogP contribution in [0.4, 0.5) is 0 Å². The zero-order valence-electron chi connectivity index (χ0n) is 10.8. The molecular formula is C12H26N2O2. The third-order valence-electron chi connectivity index (χ3n) is 2.13. The van der Waals surface area contributed by atoms with Gasteiger partial charge in [-0.1, -0.05) is 6.92 Å². The van der Waals surface area contributed by atoms with Gasteiger partial charge < -0.3 is 15.8 Å². The second-order valence-corrected chi connectivity index (χ2v) is 4.80. The van der Waals surface area contributed by atoms with E-state index in [1.807, 2.05) is 13.8 Å². The summed E-state index contributed by atoms with van der Waals surface area (Å²) in [5, 5.41) is 2.86. The molecule has 0 saturated heterocycles. The molecule has 0 aromatic carbocycles. The van der Waals surface area contributed by atoms with Crippen molar-refractivity contribution >= 4 is 5.91 Å². The van der Waals surface area contributed by atoms with E-state index >= 15 is 0 Å². The Hall–Kier alpha value is -0.610. The fourth-order valence-electron chi connectivity index (χ4n) is 1.17. The average Bonchev–Trinajstić information content (AvgIpc) is 2.19. The average molecular weight is 230 g/mol. The number of carbonyl (C=O) groups excluding carboxylic acids is 1. The molecule has 0 fully saturated rings. The fraction of sp³-hybridized carbons (Fsp3) is 0.917. The van der Waals surface area contributed by atoms with Gasteiger partial charge in [0.25, 0.3) is 0 Å². The summed E-state index contributed by atoms with van der Waals surface area (Å²) in [6, 6.07) is 0. The number of nitrogens with two attached hydrogens (primary N) is 1. The van der Waals surface area contributed by atoms with Gasteiger partial charge in [0.2, 0.25) is 5.91 Å². The molecule has 4 heteroatoms. The molecule has 0 aromatic heterocycles. The molecule has 0 spiro atoms. The summed E-state index contributed by atoms with van der Waals surface area (Å²) in [5.74, 6) is 0.0778. The van der Waals surface area contributed by atoms with Crippen molar-refractivity contribution in [2.75, 3.05) is 19.8 Å². The molecule has 3 N–H and O–H groups in total. The van der Waals surface area contributed by atoms with Crippen LogP contribution in [0.1, 0.15) is 46.5 Å². The van der Waals surface area contributed by atoms with Gasteiger partial charge in [-0.05, 0) is 33.1 Å². The lowest BCUT2D eigenvalue weighted by Gasteiger charge is -2.17. The van der Waals surface area contributed by atoms with E-state index in [1.165, 1.54) is 0 Å². The summed E-state index contributed by atoms with van der Waals surface area (Å²) in [6.45, 7) is 8.15. The Morgan fingerprint density at radius 1 is 1.38 bits per heavy atom. The van der Waals surface area contributed by atoms with Gasteiger partial charge in [0.05, 0.1) is 0 Å². The molecule has 0 aliphatic carbocycles. The highest BCUT2D eigenvalue weighted by Gasteiger charge is 2.12. The van der Waals surface area contributed by atoms with Gasteiger partial charge in [-0.25, -0.2) is 0 Å². The van der Waals surface area contributed by atoms with Gasteiger partial charge >= 0.3 is 0 Å². The van der Waals surface area contributed by atoms with Crippen molar-refractivity contribution in [3.8, 4) is 0 Å². The van der Waals surface area contributed by atoms with Crippen LogP contribution in [0.5, 0.6) is 0 Å². The van der Waals surface area contributed by atoms with Crippen LogP contribution >= 0.6 is 0 Å². The highest BCUT2D eigenvalue weighted by atomic mass is 16.5. The Bertz CT molecular complexity index is 188. The Labute approximate surface area is 98.9 Å². The molecule has 0 radical (unpaired) electrons. The van der Waals surface area contributed by atoms with Crippen LogP contribution in [0.2, 0.25) is 0 Å². The topological polar surface area (TPSA) is 64.3 Å². The molecular weight excluding hydrogens is 204 g/mol. The minimum absolute atomic E-state index is 0.0778. The monoisotopic (exact) mass is 230 g/mol. The SMILES string of the molecule is CCCOCCCNC(=O)CCC(C)(C)N. The predicted molar refractivity (Wildman–Crippen MR) is 66.2 cm³/mol. The summed E-state index contributed by atoms with van der Waals surface area (Å²) in [6.07, 6.45) is 3.13. The van der Waals surface area contributed by atoms with Crippen molar-refractivity contribution in [2.45, 2.75) is 52.0 Å². The van der Waals surface area contributed by atoms with Crippen molar-refractivity contribution in [3.05, 3.63) is 0 Å². The Morgan fingerprint density at radius 2 is 2.06 bits per heavy atom. The summed E-state index contributed by atoms with van der Waals surface area (Å²) in [7, 11) is 0. The van der Waals surface area contributed by atoms with E-state index in [2.05, 4.69) is 12.2 Å². The van der Waals surface area contributed by atoms with Crippen molar-refractivity contribution in [1.29, 1.82) is 0 Å². The van der Waals surface area contributed by atoms with Crippen molar-refractivity contribution in [1.82, 2.24) is 5.32 Å². The first-order valence-electron chi connectivity index (χ1n) is 6.09. The van der Waals surface area contributed by atoms with Crippen LogP contribution in [0.15, 0.2) is 0 Å².